The first-order chi connectivity index (χ1) is 11.8. The number of ether oxygens (including phenoxy) is 1. The predicted octanol–water partition coefficient (Wildman–Crippen LogP) is 2.27. The first kappa shape index (κ1) is 15.1. The first-order valence-corrected chi connectivity index (χ1v) is 8.26. The highest BCUT2D eigenvalue weighted by Gasteiger charge is 2.38. The molecule has 1 aliphatic heterocycles. The number of hydrogen-bond acceptors (Lipinski definition) is 6. The Morgan fingerprint density at radius 2 is 2.08 bits per heavy atom. The van der Waals surface area contributed by atoms with E-state index >= 15 is 0 Å². The lowest BCUT2D eigenvalue weighted by Gasteiger charge is -2.30. The highest BCUT2D eigenvalue weighted by molar-refractivity contribution is 5.48. The van der Waals surface area contributed by atoms with Crippen LogP contribution < -0.4 is 14.5 Å². The van der Waals surface area contributed by atoms with Gasteiger partial charge in [0.05, 0.1) is 7.11 Å². The van der Waals surface area contributed by atoms with E-state index in [0.29, 0.717) is 23.8 Å². The maximum Gasteiger partial charge on any atom is 0.218 e. The molecule has 3 heterocycles. The van der Waals surface area contributed by atoms with Crippen molar-refractivity contribution in [3.8, 4) is 5.88 Å². The number of anilines is 2. The Morgan fingerprint density at radius 3 is 2.83 bits per heavy atom. The van der Waals surface area contributed by atoms with E-state index in [4.69, 9.17) is 4.74 Å². The van der Waals surface area contributed by atoms with E-state index < -0.39 is 0 Å². The molecule has 4 rings (SSSR count). The molecule has 0 N–H and O–H groups in total. The average Bonchev–Trinajstić information content (AvgIpc) is 3.33. The number of nitrogens with zero attached hydrogens (tertiary/aromatic N) is 5. The van der Waals surface area contributed by atoms with Gasteiger partial charge in [-0.1, -0.05) is 0 Å². The Balaban J connectivity index is 1.56. The van der Waals surface area contributed by atoms with Crippen molar-refractivity contribution in [1.82, 2.24) is 15.0 Å². The van der Waals surface area contributed by atoms with Crippen molar-refractivity contribution in [2.75, 3.05) is 30.0 Å². The zero-order valence-corrected chi connectivity index (χ0v) is 13.6. The lowest BCUT2D eigenvalue weighted by Crippen LogP contribution is -2.40. The number of methoxy groups -OCH3 is 1. The van der Waals surface area contributed by atoms with E-state index in [0.717, 1.165) is 25.3 Å². The smallest absolute Gasteiger partial charge is 0.218 e. The van der Waals surface area contributed by atoms with Gasteiger partial charge in [-0.05, 0) is 31.4 Å². The predicted molar refractivity (Wildman–Crippen MR) is 88.9 cm³/mol. The van der Waals surface area contributed by atoms with Crippen LogP contribution in [0, 0.1) is 5.82 Å². The summed E-state index contributed by atoms with van der Waals surface area (Å²) in [6.07, 6.45) is 6.47. The summed E-state index contributed by atoms with van der Waals surface area (Å²) >= 11 is 0. The van der Waals surface area contributed by atoms with Gasteiger partial charge >= 0.3 is 0 Å². The number of aromatic nitrogens is 3. The number of halogens is 1. The molecule has 2 fully saturated rings. The molecule has 0 aromatic carbocycles. The van der Waals surface area contributed by atoms with Crippen LogP contribution in [0.2, 0.25) is 0 Å². The fraction of sp³-hybridized carbons (Fsp3) is 0.471. The summed E-state index contributed by atoms with van der Waals surface area (Å²) in [5, 5.41) is 0. The van der Waals surface area contributed by atoms with Crippen molar-refractivity contribution in [2.45, 2.75) is 31.3 Å². The lowest BCUT2D eigenvalue weighted by molar-refractivity contribution is 0.396. The van der Waals surface area contributed by atoms with Crippen molar-refractivity contribution in [2.24, 2.45) is 0 Å². The molecule has 24 heavy (non-hydrogen) atoms. The Bertz CT molecular complexity index is 724. The maximum absolute atomic E-state index is 14.0. The summed E-state index contributed by atoms with van der Waals surface area (Å²) in [5.41, 5.74) is 0. The minimum atomic E-state index is -0.264. The molecule has 126 valence electrons. The topological polar surface area (TPSA) is 54.4 Å². The molecule has 0 amide bonds. The van der Waals surface area contributed by atoms with Crippen molar-refractivity contribution in [3.05, 3.63) is 36.5 Å². The Labute approximate surface area is 140 Å². The summed E-state index contributed by atoms with van der Waals surface area (Å²) in [5.74, 6) is 1.63. The van der Waals surface area contributed by atoms with Crippen LogP contribution in [-0.2, 0) is 0 Å². The van der Waals surface area contributed by atoms with Gasteiger partial charge in [0.1, 0.15) is 12.1 Å². The minimum Gasteiger partial charge on any atom is -0.481 e. The van der Waals surface area contributed by atoms with E-state index in [1.807, 2.05) is 11.0 Å². The second kappa shape index (κ2) is 6.22. The highest BCUT2D eigenvalue weighted by Crippen LogP contribution is 2.36. The van der Waals surface area contributed by atoms with Crippen molar-refractivity contribution < 1.29 is 9.13 Å². The van der Waals surface area contributed by atoms with Gasteiger partial charge in [0, 0.05) is 37.4 Å². The Kier molecular flexibility index (Phi) is 3.92. The van der Waals surface area contributed by atoms with Gasteiger partial charge in [-0.15, -0.1) is 0 Å². The van der Waals surface area contributed by atoms with Gasteiger partial charge in [0.2, 0.25) is 5.88 Å². The Morgan fingerprint density at radius 1 is 1.21 bits per heavy atom. The molecular formula is C17H20FN5O. The highest BCUT2D eigenvalue weighted by atomic mass is 19.1. The second-order valence-corrected chi connectivity index (χ2v) is 6.25. The molecule has 7 heteroatoms. The molecule has 1 aliphatic carbocycles. The average molecular weight is 329 g/mol. The molecule has 1 unspecified atom stereocenters. The summed E-state index contributed by atoms with van der Waals surface area (Å²) < 4.78 is 19.2. The van der Waals surface area contributed by atoms with Gasteiger partial charge < -0.3 is 14.5 Å². The van der Waals surface area contributed by atoms with Crippen LogP contribution in [0.4, 0.5) is 16.0 Å². The fourth-order valence-corrected chi connectivity index (χ4v) is 3.38. The van der Waals surface area contributed by atoms with Crippen LogP contribution in [-0.4, -0.2) is 47.2 Å². The van der Waals surface area contributed by atoms with Crippen LogP contribution in [0.1, 0.15) is 19.3 Å². The maximum atomic E-state index is 14.0. The SMILES string of the molecule is COc1cc(N(C2CC2)C2CCN(c3ncccc3F)C2)ncn1. The molecule has 2 aromatic rings. The number of hydrogen-bond donors (Lipinski definition) is 0. The van der Waals surface area contributed by atoms with Crippen molar-refractivity contribution in [1.29, 1.82) is 0 Å². The van der Waals surface area contributed by atoms with Gasteiger partial charge in [-0.25, -0.2) is 19.3 Å². The molecule has 2 aromatic heterocycles. The molecular weight excluding hydrogens is 309 g/mol. The zero-order valence-electron chi connectivity index (χ0n) is 13.6. The summed E-state index contributed by atoms with van der Waals surface area (Å²) in [6, 6.07) is 5.75. The van der Waals surface area contributed by atoms with Gasteiger partial charge in [-0.2, -0.15) is 0 Å². The van der Waals surface area contributed by atoms with Crippen LogP contribution in [0.5, 0.6) is 5.88 Å². The Hall–Kier alpha value is -2.44. The van der Waals surface area contributed by atoms with Gasteiger partial charge in [0.15, 0.2) is 11.6 Å². The molecule has 1 saturated carbocycles. The normalized spacial score (nSPS) is 20.2. The van der Waals surface area contributed by atoms with E-state index in [1.165, 1.54) is 25.2 Å². The van der Waals surface area contributed by atoms with Crippen LogP contribution in [0.15, 0.2) is 30.7 Å². The zero-order chi connectivity index (χ0) is 16.5. The van der Waals surface area contributed by atoms with E-state index in [-0.39, 0.29) is 5.82 Å². The third kappa shape index (κ3) is 2.86. The molecule has 1 saturated heterocycles. The van der Waals surface area contributed by atoms with E-state index in [1.54, 1.807) is 19.4 Å². The third-order valence-corrected chi connectivity index (χ3v) is 4.64. The molecule has 0 spiro atoms. The summed E-state index contributed by atoms with van der Waals surface area (Å²) in [6.45, 7) is 1.54. The first-order valence-electron chi connectivity index (χ1n) is 8.26. The monoisotopic (exact) mass is 329 g/mol. The van der Waals surface area contributed by atoms with Crippen molar-refractivity contribution in [3.63, 3.8) is 0 Å². The summed E-state index contributed by atoms with van der Waals surface area (Å²) in [7, 11) is 1.61. The number of pyridine rings is 1. The van der Waals surface area contributed by atoms with Gasteiger partial charge in [0.25, 0.3) is 0 Å². The molecule has 6 nitrogen and oxygen atoms in total. The second-order valence-electron chi connectivity index (χ2n) is 6.25. The van der Waals surface area contributed by atoms with Crippen molar-refractivity contribution >= 4 is 11.6 Å². The van der Waals surface area contributed by atoms with E-state index in [2.05, 4.69) is 19.9 Å². The third-order valence-electron chi connectivity index (χ3n) is 4.64. The lowest BCUT2D eigenvalue weighted by atomic mass is 10.2. The standard InChI is InChI=1S/C17H20FN5O/c1-24-16-9-15(20-11-21-16)23(12-4-5-12)13-6-8-22(10-13)17-14(18)3-2-7-19-17/h2-3,7,9,11-13H,4-6,8,10H2,1H3. The van der Waals surface area contributed by atoms with Crippen LogP contribution in [0.3, 0.4) is 0 Å². The quantitative estimate of drug-likeness (QED) is 0.839. The molecule has 0 bridgehead atoms. The number of rotatable bonds is 5. The molecule has 1 atom stereocenters. The molecule has 2 aliphatic rings. The van der Waals surface area contributed by atoms with Crippen LogP contribution >= 0.6 is 0 Å². The van der Waals surface area contributed by atoms with E-state index in [9.17, 15) is 4.39 Å². The van der Waals surface area contributed by atoms with Gasteiger partial charge in [-0.3, -0.25) is 0 Å². The van der Waals surface area contributed by atoms with Crippen LogP contribution in [0.25, 0.3) is 0 Å². The minimum absolute atomic E-state index is 0.264. The fourth-order valence-electron chi connectivity index (χ4n) is 3.38. The summed E-state index contributed by atoms with van der Waals surface area (Å²) in [4.78, 5) is 17.1. The molecule has 0 radical (unpaired) electrons. The largest absolute Gasteiger partial charge is 0.481 e.